The first kappa shape index (κ1) is 28.2. The molecule has 212 valence electrons. The number of pyridine rings is 2. The maximum absolute atomic E-state index is 14.2. The van der Waals surface area contributed by atoms with Gasteiger partial charge in [-0.15, -0.1) is 0 Å². The van der Waals surface area contributed by atoms with E-state index in [0.717, 1.165) is 5.56 Å². The van der Waals surface area contributed by atoms with Crippen LogP contribution in [0.2, 0.25) is 5.02 Å². The SMILES string of the molecule is CC(C)(C)c1cc(-c2ccc(Cl)c(F)c2)nc2cc(C(=O)N3CCN(c4cccc(C(=O)O)n4)C(=O)C3(C)C)oc12. The van der Waals surface area contributed by atoms with Crippen molar-refractivity contribution >= 4 is 46.3 Å². The summed E-state index contributed by atoms with van der Waals surface area (Å²) in [4.78, 5) is 50.3. The quantitative estimate of drug-likeness (QED) is 0.318. The zero-order valence-electron chi connectivity index (χ0n) is 23.2. The minimum absolute atomic E-state index is 0.00435. The molecule has 0 radical (unpaired) electrons. The summed E-state index contributed by atoms with van der Waals surface area (Å²) in [7, 11) is 0. The van der Waals surface area contributed by atoms with Crippen molar-refractivity contribution in [3.8, 4) is 11.3 Å². The van der Waals surface area contributed by atoms with Gasteiger partial charge >= 0.3 is 5.97 Å². The molecular weight excluding hydrogens is 551 g/mol. The zero-order valence-corrected chi connectivity index (χ0v) is 23.9. The number of nitrogens with zero attached hydrogens (tertiary/aromatic N) is 4. The highest BCUT2D eigenvalue weighted by molar-refractivity contribution is 6.30. The number of piperazine rings is 1. The smallest absolute Gasteiger partial charge is 0.354 e. The van der Waals surface area contributed by atoms with E-state index in [1.54, 1.807) is 26.0 Å². The zero-order chi connectivity index (χ0) is 29.9. The second-order valence-corrected chi connectivity index (χ2v) is 11.8. The molecule has 0 atom stereocenters. The predicted octanol–water partition coefficient (Wildman–Crippen LogP) is 5.95. The molecule has 0 unspecified atom stereocenters. The van der Waals surface area contributed by atoms with Crippen LogP contribution in [0.3, 0.4) is 0 Å². The van der Waals surface area contributed by atoms with E-state index >= 15 is 0 Å². The molecular formula is C30H28ClFN4O5. The highest BCUT2D eigenvalue weighted by Gasteiger charge is 2.46. The summed E-state index contributed by atoms with van der Waals surface area (Å²) in [6.45, 7) is 9.49. The van der Waals surface area contributed by atoms with Gasteiger partial charge in [-0.05, 0) is 49.6 Å². The molecule has 11 heteroatoms. The van der Waals surface area contributed by atoms with Gasteiger partial charge in [-0.2, -0.15) is 0 Å². The van der Waals surface area contributed by atoms with Crippen LogP contribution >= 0.6 is 11.6 Å². The Morgan fingerprint density at radius 1 is 1.07 bits per heavy atom. The van der Waals surface area contributed by atoms with Gasteiger partial charge in [-0.1, -0.05) is 44.5 Å². The third-order valence-corrected chi connectivity index (χ3v) is 7.49. The highest BCUT2D eigenvalue weighted by Crippen LogP contribution is 2.36. The number of halogens is 2. The van der Waals surface area contributed by atoms with Crippen molar-refractivity contribution in [1.29, 1.82) is 0 Å². The van der Waals surface area contributed by atoms with E-state index in [1.165, 1.54) is 40.1 Å². The molecule has 1 aromatic carbocycles. The Hall–Kier alpha value is -4.31. The largest absolute Gasteiger partial charge is 0.477 e. The van der Waals surface area contributed by atoms with Crippen LogP contribution in [0.25, 0.3) is 22.4 Å². The molecule has 41 heavy (non-hydrogen) atoms. The van der Waals surface area contributed by atoms with Gasteiger partial charge < -0.3 is 14.4 Å². The molecule has 0 bridgehead atoms. The van der Waals surface area contributed by atoms with Crippen LogP contribution in [0.1, 0.15) is 61.2 Å². The highest BCUT2D eigenvalue weighted by atomic mass is 35.5. The van der Waals surface area contributed by atoms with Gasteiger partial charge in [0.2, 0.25) is 0 Å². The molecule has 1 aliphatic rings. The molecule has 0 saturated carbocycles. The Bertz CT molecular complexity index is 1730. The molecule has 1 N–H and O–H groups in total. The van der Waals surface area contributed by atoms with Crippen molar-refractivity contribution in [2.75, 3.05) is 18.0 Å². The lowest BCUT2D eigenvalue weighted by Gasteiger charge is -2.45. The van der Waals surface area contributed by atoms with Crippen molar-refractivity contribution in [3.63, 3.8) is 0 Å². The fourth-order valence-electron chi connectivity index (χ4n) is 4.91. The molecule has 1 aliphatic heterocycles. The summed E-state index contributed by atoms with van der Waals surface area (Å²) in [5.74, 6) is -2.47. The lowest BCUT2D eigenvalue weighted by Crippen LogP contribution is -2.65. The van der Waals surface area contributed by atoms with E-state index in [2.05, 4.69) is 9.97 Å². The molecule has 0 aliphatic carbocycles. The molecule has 5 rings (SSSR count). The van der Waals surface area contributed by atoms with Crippen LogP contribution in [-0.4, -0.2) is 56.4 Å². The Kier molecular flexibility index (Phi) is 6.85. The molecule has 0 spiro atoms. The van der Waals surface area contributed by atoms with Crippen molar-refractivity contribution in [1.82, 2.24) is 14.9 Å². The molecule has 1 fully saturated rings. The van der Waals surface area contributed by atoms with Gasteiger partial charge in [0.15, 0.2) is 17.0 Å². The van der Waals surface area contributed by atoms with Crippen LogP contribution in [0.5, 0.6) is 0 Å². The monoisotopic (exact) mass is 578 g/mol. The van der Waals surface area contributed by atoms with E-state index < -0.39 is 34.6 Å². The van der Waals surface area contributed by atoms with Crippen molar-refractivity contribution in [3.05, 3.63) is 76.4 Å². The van der Waals surface area contributed by atoms with E-state index in [9.17, 15) is 23.9 Å². The van der Waals surface area contributed by atoms with Crippen LogP contribution < -0.4 is 4.90 Å². The Balaban J connectivity index is 1.51. The predicted molar refractivity (Wildman–Crippen MR) is 152 cm³/mol. The number of amides is 2. The first-order chi connectivity index (χ1) is 19.2. The van der Waals surface area contributed by atoms with E-state index in [1.807, 2.05) is 26.8 Å². The molecule has 3 aromatic heterocycles. The fraction of sp³-hybridized carbons (Fsp3) is 0.300. The van der Waals surface area contributed by atoms with E-state index in [4.69, 9.17) is 16.0 Å². The Morgan fingerprint density at radius 2 is 1.80 bits per heavy atom. The van der Waals surface area contributed by atoms with Crippen molar-refractivity contribution in [2.24, 2.45) is 0 Å². The number of carbonyl (C=O) groups excluding carboxylic acids is 2. The average Bonchev–Trinajstić information content (AvgIpc) is 3.34. The lowest BCUT2D eigenvalue weighted by molar-refractivity contribution is -0.129. The second kappa shape index (κ2) is 9.95. The summed E-state index contributed by atoms with van der Waals surface area (Å²) in [5.41, 5.74) is 0.766. The van der Waals surface area contributed by atoms with Gasteiger partial charge in [0.1, 0.15) is 22.7 Å². The summed E-state index contributed by atoms with van der Waals surface area (Å²) < 4.78 is 20.3. The summed E-state index contributed by atoms with van der Waals surface area (Å²) in [5, 5.41) is 9.30. The van der Waals surface area contributed by atoms with Gasteiger partial charge in [0, 0.05) is 30.3 Å². The van der Waals surface area contributed by atoms with Crippen LogP contribution in [0, 0.1) is 5.82 Å². The number of benzene rings is 1. The van der Waals surface area contributed by atoms with E-state index in [0.29, 0.717) is 22.4 Å². The topological polar surface area (TPSA) is 117 Å². The van der Waals surface area contributed by atoms with Crippen LogP contribution in [0.15, 0.2) is 52.9 Å². The summed E-state index contributed by atoms with van der Waals surface area (Å²) in [6, 6.07) is 12.2. The van der Waals surface area contributed by atoms with Crippen molar-refractivity contribution < 1.29 is 28.3 Å². The van der Waals surface area contributed by atoms with Crippen LogP contribution in [0.4, 0.5) is 10.2 Å². The lowest BCUT2D eigenvalue weighted by atomic mass is 9.86. The maximum Gasteiger partial charge on any atom is 0.354 e. The van der Waals surface area contributed by atoms with Gasteiger partial charge in [-0.25, -0.2) is 19.2 Å². The number of furan rings is 1. The van der Waals surface area contributed by atoms with E-state index in [-0.39, 0.29) is 35.4 Å². The summed E-state index contributed by atoms with van der Waals surface area (Å²) >= 11 is 5.87. The van der Waals surface area contributed by atoms with Gasteiger partial charge in [0.25, 0.3) is 11.8 Å². The number of aromatic carboxylic acids is 1. The minimum Gasteiger partial charge on any atom is -0.477 e. The molecule has 1 saturated heterocycles. The number of rotatable bonds is 4. The number of anilines is 1. The third kappa shape index (κ3) is 5.04. The number of fused-ring (bicyclic) bond motifs is 1. The molecule has 4 aromatic rings. The van der Waals surface area contributed by atoms with Gasteiger partial charge in [0.05, 0.1) is 10.7 Å². The molecule has 9 nitrogen and oxygen atoms in total. The first-order valence-electron chi connectivity index (χ1n) is 12.9. The Labute approximate surface area is 240 Å². The maximum atomic E-state index is 14.2. The number of aromatic nitrogens is 2. The third-order valence-electron chi connectivity index (χ3n) is 7.18. The second-order valence-electron chi connectivity index (χ2n) is 11.4. The standard InChI is InChI=1S/C30H28ClFN4O5/c1-29(2,3)17-14-21(16-9-10-18(31)19(32)13-16)33-22-15-23(41-25(17)22)26(37)36-12-11-35(28(40)30(36,4)5)24-8-6-7-20(34-24)27(38)39/h6-10,13-15H,11-12H2,1-5H3,(H,38,39). The van der Waals surface area contributed by atoms with Crippen molar-refractivity contribution in [2.45, 2.75) is 45.6 Å². The molecule has 4 heterocycles. The minimum atomic E-state index is -1.29. The number of carboxylic acids is 1. The van der Waals surface area contributed by atoms with Crippen LogP contribution in [-0.2, 0) is 10.2 Å². The normalized spacial score (nSPS) is 15.4. The molecule has 2 amide bonds. The Morgan fingerprint density at radius 3 is 2.46 bits per heavy atom. The number of hydrogen-bond donors (Lipinski definition) is 1. The first-order valence-corrected chi connectivity index (χ1v) is 13.3. The fourth-order valence-corrected chi connectivity index (χ4v) is 5.03. The average molecular weight is 579 g/mol. The number of carbonyl (C=O) groups is 3. The number of carboxylic acid groups (broad SMARTS) is 1. The van der Waals surface area contributed by atoms with Gasteiger partial charge in [-0.3, -0.25) is 14.5 Å². The number of hydrogen-bond acceptors (Lipinski definition) is 6. The summed E-state index contributed by atoms with van der Waals surface area (Å²) in [6.07, 6.45) is 0.